The summed E-state index contributed by atoms with van der Waals surface area (Å²) < 4.78 is 5.34. The van der Waals surface area contributed by atoms with E-state index in [1.807, 2.05) is 0 Å². The van der Waals surface area contributed by atoms with Gasteiger partial charge in [-0.1, -0.05) is 57.8 Å². The second kappa shape index (κ2) is 8.93. The molecule has 19 heavy (non-hydrogen) atoms. The maximum Gasteiger partial charge on any atom is 0.0948 e. The first-order valence-corrected chi connectivity index (χ1v) is 8.38. The molecule has 112 valence electrons. The van der Waals surface area contributed by atoms with Gasteiger partial charge in [-0.15, -0.1) is 0 Å². The van der Waals surface area contributed by atoms with Crippen LogP contribution in [-0.2, 0) is 4.74 Å². The molecule has 0 aromatic heterocycles. The zero-order chi connectivity index (χ0) is 13.3. The van der Waals surface area contributed by atoms with Crippen molar-refractivity contribution in [3.8, 4) is 0 Å². The quantitative estimate of drug-likeness (QED) is 0.809. The Labute approximate surface area is 118 Å². The van der Waals surface area contributed by atoms with Crippen molar-refractivity contribution in [3.63, 3.8) is 0 Å². The van der Waals surface area contributed by atoms with Crippen molar-refractivity contribution in [1.29, 1.82) is 0 Å². The highest BCUT2D eigenvalue weighted by Gasteiger charge is 2.27. The monoisotopic (exact) mass is 269 g/mol. The van der Waals surface area contributed by atoms with Gasteiger partial charge in [-0.05, 0) is 12.8 Å². The third kappa shape index (κ3) is 5.80. The number of ether oxygens (including phenoxy) is 1. The normalized spacial score (nSPS) is 32.7. The SMILES string of the molecule is O[C@H]1COC[C@@H]1NC1CCCCCCCCCCC1. The summed E-state index contributed by atoms with van der Waals surface area (Å²) in [5.41, 5.74) is 0. The number of nitrogens with one attached hydrogen (secondary N) is 1. The Morgan fingerprint density at radius 3 is 1.74 bits per heavy atom. The van der Waals surface area contributed by atoms with E-state index in [1.54, 1.807) is 0 Å². The summed E-state index contributed by atoms with van der Waals surface area (Å²) in [6, 6.07) is 0.749. The molecule has 2 N–H and O–H groups in total. The molecule has 3 nitrogen and oxygen atoms in total. The van der Waals surface area contributed by atoms with E-state index in [0.717, 1.165) is 0 Å². The molecule has 2 rings (SSSR count). The molecule has 1 saturated carbocycles. The number of hydrogen-bond acceptors (Lipinski definition) is 3. The van der Waals surface area contributed by atoms with Crippen LogP contribution in [0.2, 0.25) is 0 Å². The number of aliphatic hydroxyl groups excluding tert-OH is 1. The number of aliphatic hydroxyl groups is 1. The molecule has 0 unspecified atom stereocenters. The molecule has 0 radical (unpaired) electrons. The third-order valence-electron chi connectivity index (χ3n) is 4.61. The van der Waals surface area contributed by atoms with Crippen molar-refractivity contribution in [3.05, 3.63) is 0 Å². The zero-order valence-electron chi connectivity index (χ0n) is 12.3. The van der Waals surface area contributed by atoms with Crippen LogP contribution in [0.3, 0.4) is 0 Å². The summed E-state index contributed by atoms with van der Waals surface area (Å²) in [4.78, 5) is 0. The summed E-state index contributed by atoms with van der Waals surface area (Å²) in [7, 11) is 0. The molecule has 1 aliphatic carbocycles. The second-order valence-corrected chi connectivity index (χ2v) is 6.33. The van der Waals surface area contributed by atoms with Crippen LogP contribution in [0.4, 0.5) is 0 Å². The topological polar surface area (TPSA) is 41.5 Å². The molecule has 1 aliphatic heterocycles. The van der Waals surface area contributed by atoms with Crippen LogP contribution < -0.4 is 5.32 Å². The molecule has 0 spiro atoms. The van der Waals surface area contributed by atoms with E-state index in [9.17, 15) is 5.11 Å². The van der Waals surface area contributed by atoms with E-state index in [1.165, 1.54) is 70.6 Å². The molecule has 0 aromatic rings. The molecule has 2 fully saturated rings. The Morgan fingerprint density at radius 2 is 1.26 bits per heavy atom. The van der Waals surface area contributed by atoms with Gasteiger partial charge in [0.2, 0.25) is 0 Å². The van der Waals surface area contributed by atoms with Crippen LogP contribution in [0.25, 0.3) is 0 Å². The fourth-order valence-electron chi connectivity index (χ4n) is 3.33. The van der Waals surface area contributed by atoms with E-state index in [-0.39, 0.29) is 12.1 Å². The predicted molar refractivity (Wildman–Crippen MR) is 78.3 cm³/mol. The van der Waals surface area contributed by atoms with E-state index in [4.69, 9.17) is 4.74 Å². The molecular weight excluding hydrogens is 238 g/mol. The Kier molecular flexibility index (Phi) is 7.18. The molecule has 1 heterocycles. The molecule has 0 bridgehead atoms. The maximum absolute atomic E-state index is 9.84. The van der Waals surface area contributed by atoms with Gasteiger partial charge in [-0.2, -0.15) is 0 Å². The molecule has 2 atom stereocenters. The lowest BCUT2D eigenvalue weighted by Crippen LogP contribution is -2.45. The van der Waals surface area contributed by atoms with E-state index in [2.05, 4.69) is 5.32 Å². The van der Waals surface area contributed by atoms with Crippen molar-refractivity contribution >= 4 is 0 Å². The van der Waals surface area contributed by atoms with E-state index < -0.39 is 0 Å². The van der Waals surface area contributed by atoms with Gasteiger partial charge < -0.3 is 15.2 Å². The highest BCUT2D eigenvalue weighted by atomic mass is 16.5. The summed E-state index contributed by atoms with van der Waals surface area (Å²) >= 11 is 0. The molecular formula is C16H31NO2. The minimum atomic E-state index is -0.304. The third-order valence-corrected chi connectivity index (χ3v) is 4.61. The molecule has 1 saturated heterocycles. The molecule has 2 aliphatic rings. The summed E-state index contributed by atoms with van der Waals surface area (Å²) in [5.74, 6) is 0. The first-order valence-electron chi connectivity index (χ1n) is 8.38. The Hall–Kier alpha value is -0.120. The largest absolute Gasteiger partial charge is 0.389 e. The lowest BCUT2D eigenvalue weighted by atomic mass is 9.97. The van der Waals surface area contributed by atoms with Crippen LogP contribution >= 0.6 is 0 Å². The Balaban J connectivity index is 1.74. The number of hydrogen-bond donors (Lipinski definition) is 2. The lowest BCUT2D eigenvalue weighted by molar-refractivity contribution is 0.120. The fourth-order valence-corrected chi connectivity index (χ4v) is 3.33. The van der Waals surface area contributed by atoms with Gasteiger partial charge in [0.1, 0.15) is 0 Å². The minimum Gasteiger partial charge on any atom is -0.389 e. The summed E-state index contributed by atoms with van der Waals surface area (Å²) in [5, 5.41) is 13.5. The van der Waals surface area contributed by atoms with Gasteiger partial charge in [0.25, 0.3) is 0 Å². The van der Waals surface area contributed by atoms with Crippen LogP contribution in [0, 0.1) is 0 Å². The van der Waals surface area contributed by atoms with Gasteiger partial charge in [-0.3, -0.25) is 0 Å². The van der Waals surface area contributed by atoms with Gasteiger partial charge in [-0.25, -0.2) is 0 Å². The maximum atomic E-state index is 9.84. The van der Waals surface area contributed by atoms with Gasteiger partial charge in [0.15, 0.2) is 0 Å². The van der Waals surface area contributed by atoms with Crippen molar-refractivity contribution in [1.82, 2.24) is 5.32 Å². The summed E-state index contributed by atoms with van der Waals surface area (Å²) in [6.45, 7) is 1.18. The van der Waals surface area contributed by atoms with Crippen LogP contribution in [-0.4, -0.2) is 36.5 Å². The minimum absolute atomic E-state index is 0.165. The van der Waals surface area contributed by atoms with E-state index in [0.29, 0.717) is 19.3 Å². The van der Waals surface area contributed by atoms with Crippen molar-refractivity contribution in [2.75, 3.05) is 13.2 Å². The highest BCUT2D eigenvalue weighted by molar-refractivity contribution is 4.84. The van der Waals surface area contributed by atoms with Crippen molar-refractivity contribution < 1.29 is 9.84 Å². The standard InChI is InChI=1S/C16H31NO2/c18-16-13-19-12-15(16)17-14-10-8-6-4-2-1-3-5-7-9-11-14/h14-18H,1-13H2/t15-,16-/m0/s1. The van der Waals surface area contributed by atoms with Crippen LogP contribution in [0.15, 0.2) is 0 Å². The van der Waals surface area contributed by atoms with Crippen LogP contribution in [0.1, 0.15) is 70.6 Å². The van der Waals surface area contributed by atoms with Gasteiger partial charge >= 0.3 is 0 Å². The first-order chi connectivity index (χ1) is 9.36. The van der Waals surface area contributed by atoms with Gasteiger partial charge in [0, 0.05) is 6.04 Å². The Bertz CT molecular complexity index is 223. The van der Waals surface area contributed by atoms with Crippen molar-refractivity contribution in [2.24, 2.45) is 0 Å². The Morgan fingerprint density at radius 1 is 0.737 bits per heavy atom. The summed E-state index contributed by atoms with van der Waals surface area (Å²) in [6.07, 6.45) is 14.7. The molecule has 0 aromatic carbocycles. The number of rotatable bonds is 2. The predicted octanol–water partition coefficient (Wildman–Crippen LogP) is 3.01. The lowest BCUT2D eigenvalue weighted by Gasteiger charge is -2.24. The van der Waals surface area contributed by atoms with Crippen molar-refractivity contribution in [2.45, 2.75) is 88.8 Å². The van der Waals surface area contributed by atoms with E-state index >= 15 is 0 Å². The fraction of sp³-hybridized carbons (Fsp3) is 1.00. The van der Waals surface area contributed by atoms with Crippen LogP contribution in [0.5, 0.6) is 0 Å². The van der Waals surface area contributed by atoms with Gasteiger partial charge in [0.05, 0.1) is 25.4 Å². The second-order valence-electron chi connectivity index (χ2n) is 6.33. The molecule has 3 heteroatoms. The first kappa shape index (κ1) is 15.3. The average Bonchev–Trinajstić information content (AvgIpc) is 2.78. The average molecular weight is 269 g/mol. The zero-order valence-corrected chi connectivity index (χ0v) is 12.3. The smallest absolute Gasteiger partial charge is 0.0948 e. The molecule has 0 amide bonds. The highest BCUT2D eigenvalue weighted by Crippen LogP contribution is 2.18.